The Morgan fingerprint density at radius 2 is 2.04 bits per heavy atom. The van der Waals surface area contributed by atoms with Crippen LogP contribution in [-0.2, 0) is 17.1 Å². The Labute approximate surface area is 142 Å². The predicted molar refractivity (Wildman–Crippen MR) is 89.3 cm³/mol. The van der Waals surface area contributed by atoms with Crippen molar-refractivity contribution in [2.24, 2.45) is 0 Å². The number of carbonyl (C=O) groups is 1. The summed E-state index contributed by atoms with van der Waals surface area (Å²) in [6.45, 7) is 4.04. The summed E-state index contributed by atoms with van der Waals surface area (Å²) in [5.74, 6) is 1.28. The van der Waals surface area contributed by atoms with Crippen LogP contribution in [0, 0.1) is 0 Å². The van der Waals surface area contributed by atoms with Crippen molar-refractivity contribution in [1.29, 1.82) is 0 Å². The van der Waals surface area contributed by atoms with Crippen LogP contribution in [0.25, 0.3) is 11.5 Å². The van der Waals surface area contributed by atoms with Crippen molar-refractivity contribution in [3.8, 4) is 11.5 Å². The van der Waals surface area contributed by atoms with Crippen LogP contribution >= 0.6 is 11.8 Å². The average Bonchev–Trinajstić information content (AvgIpc) is 3.19. The third-order valence-electron chi connectivity index (χ3n) is 3.24. The zero-order chi connectivity index (χ0) is 16.9. The number of thioether (sulfide) groups is 1. The number of hydrogen-bond donors (Lipinski definition) is 1. The molecule has 24 heavy (non-hydrogen) atoms. The fourth-order valence-corrected chi connectivity index (χ4v) is 3.12. The van der Waals surface area contributed by atoms with Gasteiger partial charge in [-0.25, -0.2) is 4.63 Å². The van der Waals surface area contributed by atoms with Gasteiger partial charge in [0.15, 0.2) is 16.7 Å². The molecule has 2 heterocycles. The summed E-state index contributed by atoms with van der Waals surface area (Å²) in [7, 11) is 0. The van der Waals surface area contributed by atoms with E-state index in [0.717, 1.165) is 10.9 Å². The molecular weight excluding hydrogens is 328 g/mol. The van der Waals surface area contributed by atoms with Crippen molar-refractivity contribution in [1.82, 2.24) is 25.1 Å². The molecule has 3 aromatic rings. The van der Waals surface area contributed by atoms with Crippen LogP contribution in [0.4, 0.5) is 5.82 Å². The summed E-state index contributed by atoms with van der Waals surface area (Å²) >= 11 is 1.59. The van der Waals surface area contributed by atoms with E-state index >= 15 is 0 Å². The molecule has 124 valence electrons. The van der Waals surface area contributed by atoms with E-state index in [0.29, 0.717) is 18.1 Å². The predicted octanol–water partition coefficient (Wildman–Crippen LogP) is 2.60. The number of rotatable bonds is 6. The maximum Gasteiger partial charge on any atom is 0.222 e. The van der Waals surface area contributed by atoms with E-state index in [1.54, 1.807) is 11.8 Å². The van der Waals surface area contributed by atoms with E-state index < -0.39 is 0 Å². The van der Waals surface area contributed by atoms with Gasteiger partial charge in [0, 0.05) is 19.2 Å². The second kappa shape index (κ2) is 7.26. The van der Waals surface area contributed by atoms with Gasteiger partial charge in [0.1, 0.15) is 0 Å². The average molecular weight is 344 g/mol. The van der Waals surface area contributed by atoms with Gasteiger partial charge in [-0.05, 0) is 22.8 Å². The number of hydrogen-bond acceptors (Lipinski definition) is 7. The summed E-state index contributed by atoms with van der Waals surface area (Å²) in [5, 5.41) is 19.3. The molecule has 0 fully saturated rings. The van der Waals surface area contributed by atoms with E-state index in [2.05, 4.69) is 38.0 Å². The topological polar surface area (TPSA) is 98.7 Å². The quantitative estimate of drug-likeness (QED) is 0.686. The van der Waals surface area contributed by atoms with E-state index in [1.807, 2.05) is 29.7 Å². The zero-order valence-corrected chi connectivity index (χ0v) is 14.1. The first-order chi connectivity index (χ1) is 11.7. The summed E-state index contributed by atoms with van der Waals surface area (Å²) in [6.07, 6.45) is 0. The highest BCUT2D eigenvalue weighted by Gasteiger charge is 2.21. The third-order valence-corrected chi connectivity index (χ3v) is 4.28. The van der Waals surface area contributed by atoms with Gasteiger partial charge in [-0.1, -0.05) is 42.1 Å². The van der Waals surface area contributed by atoms with Crippen molar-refractivity contribution in [3.63, 3.8) is 0 Å². The lowest BCUT2D eigenvalue weighted by atomic mass is 10.2. The fraction of sp³-hybridized carbons (Fsp3) is 0.267. The van der Waals surface area contributed by atoms with Crippen LogP contribution in [0.2, 0.25) is 0 Å². The molecule has 0 saturated heterocycles. The molecule has 1 amide bonds. The van der Waals surface area contributed by atoms with E-state index in [-0.39, 0.29) is 11.7 Å². The van der Waals surface area contributed by atoms with Gasteiger partial charge in [-0.15, -0.1) is 10.2 Å². The Bertz CT molecular complexity index is 830. The molecule has 8 nitrogen and oxygen atoms in total. The van der Waals surface area contributed by atoms with Crippen molar-refractivity contribution < 1.29 is 9.42 Å². The lowest BCUT2D eigenvalue weighted by Gasteiger charge is -2.06. The summed E-state index contributed by atoms with van der Waals surface area (Å²) in [6, 6.07) is 10.1. The zero-order valence-electron chi connectivity index (χ0n) is 13.3. The first kappa shape index (κ1) is 16.2. The van der Waals surface area contributed by atoms with E-state index in [1.165, 1.54) is 12.5 Å². The molecule has 0 spiro atoms. The van der Waals surface area contributed by atoms with Crippen molar-refractivity contribution >= 4 is 23.5 Å². The number of amides is 1. The molecule has 9 heteroatoms. The minimum Gasteiger partial charge on any atom is -0.306 e. The van der Waals surface area contributed by atoms with Crippen molar-refractivity contribution in [2.75, 3.05) is 5.32 Å². The van der Waals surface area contributed by atoms with Crippen LogP contribution in [-0.4, -0.2) is 31.0 Å². The van der Waals surface area contributed by atoms with E-state index in [4.69, 9.17) is 4.63 Å². The molecule has 0 aliphatic rings. The minimum absolute atomic E-state index is 0.240. The first-order valence-electron chi connectivity index (χ1n) is 7.39. The second-order valence-corrected chi connectivity index (χ2v) is 5.91. The third kappa shape index (κ3) is 3.46. The summed E-state index contributed by atoms with van der Waals surface area (Å²) in [4.78, 5) is 11.2. The number of carbonyl (C=O) groups excluding carboxylic acids is 1. The Hall–Kier alpha value is -2.68. The highest BCUT2D eigenvalue weighted by atomic mass is 32.2. The molecule has 0 aliphatic carbocycles. The number of benzene rings is 1. The standard InChI is InChI=1S/C15H16N6O2S/c1-3-21-14(12-13(16-10(2)22)20-23-19-12)17-18-15(21)24-9-11-7-5-4-6-8-11/h4-8H,3,9H2,1-2H3,(H,16,20,22). The number of aromatic nitrogens is 5. The van der Waals surface area contributed by atoms with Crippen molar-refractivity contribution in [2.45, 2.75) is 31.3 Å². The van der Waals surface area contributed by atoms with Gasteiger partial charge in [-0.2, -0.15) is 0 Å². The Kier molecular flexibility index (Phi) is 4.90. The van der Waals surface area contributed by atoms with Gasteiger partial charge < -0.3 is 9.88 Å². The molecule has 0 bridgehead atoms. The molecule has 2 aromatic heterocycles. The molecule has 0 unspecified atom stereocenters. The smallest absolute Gasteiger partial charge is 0.222 e. The molecular formula is C15H16N6O2S. The Morgan fingerprint density at radius 1 is 1.25 bits per heavy atom. The highest BCUT2D eigenvalue weighted by molar-refractivity contribution is 7.98. The van der Waals surface area contributed by atoms with Gasteiger partial charge in [0.2, 0.25) is 11.7 Å². The van der Waals surface area contributed by atoms with Gasteiger partial charge in [0.05, 0.1) is 0 Å². The Morgan fingerprint density at radius 3 is 2.75 bits per heavy atom. The van der Waals surface area contributed by atoms with Crippen LogP contribution < -0.4 is 5.32 Å². The monoisotopic (exact) mass is 344 g/mol. The fourth-order valence-electron chi connectivity index (χ4n) is 2.16. The maximum absolute atomic E-state index is 11.2. The van der Waals surface area contributed by atoms with Crippen LogP contribution in [0.5, 0.6) is 0 Å². The molecule has 3 rings (SSSR count). The van der Waals surface area contributed by atoms with Crippen LogP contribution in [0.3, 0.4) is 0 Å². The number of nitrogens with one attached hydrogen (secondary N) is 1. The minimum atomic E-state index is -0.256. The highest BCUT2D eigenvalue weighted by Crippen LogP contribution is 2.28. The van der Waals surface area contributed by atoms with Gasteiger partial charge >= 0.3 is 0 Å². The second-order valence-electron chi connectivity index (χ2n) is 4.97. The van der Waals surface area contributed by atoms with Gasteiger partial charge in [0.25, 0.3) is 0 Å². The first-order valence-corrected chi connectivity index (χ1v) is 8.38. The molecule has 0 saturated carbocycles. The molecule has 1 aromatic carbocycles. The summed E-state index contributed by atoms with van der Waals surface area (Å²) in [5.41, 5.74) is 1.57. The Balaban J connectivity index is 1.84. The molecule has 1 N–H and O–H groups in total. The number of anilines is 1. The SMILES string of the molecule is CCn1c(SCc2ccccc2)nnc1-c1nonc1NC(C)=O. The van der Waals surface area contributed by atoms with Gasteiger partial charge in [-0.3, -0.25) is 4.79 Å². The largest absolute Gasteiger partial charge is 0.306 e. The normalized spacial score (nSPS) is 10.8. The molecule has 0 aliphatic heterocycles. The lowest BCUT2D eigenvalue weighted by Crippen LogP contribution is -2.08. The lowest BCUT2D eigenvalue weighted by molar-refractivity contribution is -0.114. The maximum atomic E-state index is 11.2. The van der Waals surface area contributed by atoms with E-state index in [9.17, 15) is 4.79 Å². The molecule has 0 atom stereocenters. The number of nitrogens with zero attached hydrogens (tertiary/aromatic N) is 5. The molecule has 0 radical (unpaired) electrons. The van der Waals surface area contributed by atoms with Crippen molar-refractivity contribution in [3.05, 3.63) is 35.9 Å². The van der Waals surface area contributed by atoms with Crippen LogP contribution in [0.15, 0.2) is 40.1 Å². The van der Waals surface area contributed by atoms with Crippen LogP contribution in [0.1, 0.15) is 19.4 Å². The summed E-state index contributed by atoms with van der Waals surface area (Å²) < 4.78 is 6.65.